The summed E-state index contributed by atoms with van der Waals surface area (Å²) in [5.74, 6) is 0.892. The molecular formula is C16H34. The van der Waals surface area contributed by atoms with E-state index in [1.54, 1.807) is 0 Å². The summed E-state index contributed by atoms with van der Waals surface area (Å²) in [6, 6.07) is 0. The molecule has 0 amide bonds. The zero-order valence-corrected chi connectivity index (χ0v) is 12.8. The molecule has 0 radical (unpaired) electrons. The van der Waals surface area contributed by atoms with E-state index in [0.29, 0.717) is 10.8 Å². The second-order valence-electron chi connectivity index (χ2n) is 7.40. The minimum Gasteiger partial charge on any atom is -0.0654 e. The van der Waals surface area contributed by atoms with Crippen LogP contribution in [0, 0.1) is 16.7 Å². The summed E-state index contributed by atoms with van der Waals surface area (Å²) in [5, 5.41) is 0. The standard InChI is InChI=1S/C16H34/c1-8-10-14(3)12-16(7,11-9-2)13-15(4,5)6/h14H,8-13H2,1-7H3/t14-,16+/m0/s1. The Hall–Kier alpha value is 0. The van der Waals surface area contributed by atoms with Crippen LogP contribution < -0.4 is 0 Å². The maximum atomic E-state index is 2.51. The molecule has 0 aromatic heterocycles. The molecule has 0 fully saturated rings. The van der Waals surface area contributed by atoms with E-state index in [1.807, 2.05) is 0 Å². The zero-order chi connectivity index (χ0) is 12.8. The molecule has 0 aliphatic heterocycles. The lowest BCUT2D eigenvalue weighted by Crippen LogP contribution is -2.26. The average molecular weight is 226 g/mol. The Morgan fingerprint density at radius 3 is 1.88 bits per heavy atom. The lowest BCUT2D eigenvalue weighted by atomic mass is 9.68. The van der Waals surface area contributed by atoms with Gasteiger partial charge in [-0.05, 0) is 36.0 Å². The third kappa shape index (κ3) is 7.30. The average Bonchev–Trinajstić information content (AvgIpc) is 1.99. The highest BCUT2D eigenvalue weighted by Gasteiger charge is 2.30. The predicted molar refractivity (Wildman–Crippen MR) is 75.8 cm³/mol. The van der Waals surface area contributed by atoms with Gasteiger partial charge in [-0.3, -0.25) is 0 Å². The smallest absolute Gasteiger partial charge is 0.0318 e. The number of hydrogen-bond acceptors (Lipinski definition) is 0. The lowest BCUT2D eigenvalue weighted by Gasteiger charge is -2.37. The largest absolute Gasteiger partial charge is 0.0654 e. The fourth-order valence-corrected chi connectivity index (χ4v) is 3.58. The van der Waals surface area contributed by atoms with Crippen molar-refractivity contribution < 1.29 is 0 Å². The van der Waals surface area contributed by atoms with Crippen LogP contribution in [0.5, 0.6) is 0 Å². The Morgan fingerprint density at radius 1 is 0.938 bits per heavy atom. The Balaban J connectivity index is 4.43. The van der Waals surface area contributed by atoms with E-state index in [0.717, 1.165) is 5.92 Å². The minimum atomic E-state index is 0.468. The third-order valence-corrected chi connectivity index (χ3v) is 3.43. The van der Waals surface area contributed by atoms with Crippen molar-refractivity contribution in [3.8, 4) is 0 Å². The van der Waals surface area contributed by atoms with Gasteiger partial charge in [-0.15, -0.1) is 0 Å². The van der Waals surface area contributed by atoms with Crippen molar-refractivity contribution >= 4 is 0 Å². The molecule has 16 heavy (non-hydrogen) atoms. The lowest BCUT2D eigenvalue weighted by molar-refractivity contribution is 0.138. The molecule has 0 unspecified atom stereocenters. The highest BCUT2D eigenvalue weighted by molar-refractivity contribution is 4.81. The molecular weight excluding hydrogens is 192 g/mol. The summed E-state index contributed by atoms with van der Waals surface area (Å²) >= 11 is 0. The van der Waals surface area contributed by atoms with Crippen molar-refractivity contribution in [2.24, 2.45) is 16.7 Å². The number of rotatable bonds is 7. The molecule has 0 nitrogen and oxygen atoms in total. The summed E-state index contributed by atoms with van der Waals surface area (Å²) in [6.45, 7) is 16.7. The van der Waals surface area contributed by atoms with Crippen molar-refractivity contribution in [1.82, 2.24) is 0 Å². The van der Waals surface area contributed by atoms with E-state index in [9.17, 15) is 0 Å². The van der Waals surface area contributed by atoms with Crippen molar-refractivity contribution in [2.75, 3.05) is 0 Å². The van der Waals surface area contributed by atoms with Crippen LogP contribution in [0.2, 0.25) is 0 Å². The van der Waals surface area contributed by atoms with Gasteiger partial charge in [0.2, 0.25) is 0 Å². The van der Waals surface area contributed by atoms with Crippen LogP contribution in [-0.4, -0.2) is 0 Å². The summed E-state index contributed by atoms with van der Waals surface area (Å²) in [7, 11) is 0. The van der Waals surface area contributed by atoms with Crippen LogP contribution in [0.4, 0.5) is 0 Å². The fraction of sp³-hybridized carbons (Fsp3) is 1.00. The van der Waals surface area contributed by atoms with Gasteiger partial charge in [0.1, 0.15) is 0 Å². The maximum Gasteiger partial charge on any atom is -0.0318 e. The molecule has 0 spiro atoms. The molecule has 0 aromatic rings. The quantitative estimate of drug-likeness (QED) is 0.495. The van der Waals surface area contributed by atoms with Gasteiger partial charge in [0.05, 0.1) is 0 Å². The molecule has 0 aliphatic carbocycles. The zero-order valence-electron chi connectivity index (χ0n) is 12.8. The van der Waals surface area contributed by atoms with Gasteiger partial charge in [0.25, 0.3) is 0 Å². The third-order valence-electron chi connectivity index (χ3n) is 3.43. The van der Waals surface area contributed by atoms with Gasteiger partial charge in [0, 0.05) is 0 Å². The first-order valence-electron chi connectivity index (χ1n) is 7.22. The van der Waals surface area contributed by atoms with Crippen LogP contribution in [0.1, 0.15) is 87.0 Å². The molecule has 0 N–H and O–H groups in total. The van der Waals surface area contributed by atoms with Gasteiger partial charge >= 0.3 is 0 Å². The Labute approximate surface area is 104 Å². The Bertz CT molecular complexity index is 175. The van der Waals surface area contributed by atoms with E-state index >= 15 is 0 Å². The number of hydrogen-bond donors (Lipinski definition) is 0. The van der Waals surface area contributed by atoms with Crippen LogP contribution in [0.25, 0.3) is 0 Å². The first-order valence-corrected chi connectivity index (χ1v) is 7.22. The predicted octanol–water partition coefficient (Wildman–Crippen LogP) is 6.06. The SMILES string of the molecule is CCC[C@H](C)C[C@@](C)(CCC)CC(C)(C)C. The highest BCUT2D eigenvalue weighted by atomic mass is 14.4. The van der Waals surface area contributed by atoms with Crippen LogP contribution in [-0.2, 0) is 0 Å². The fourth-order valence-electron chi connectivity index (χ4n) is 3.58. The van der Waals surface area contributed by atoms with Gasteiger partial charge in [-0.25, -0.2) is 0 Å². The second kappa shape index (κ2) is 6.67. The summed E-state index contributed by atoms with van der Waals surface area (Å²) in [5.41, 5.74) is 1.03. The van der Waals surface area contributed by atoms with E-state index in [4.69, 9.17) is 0 Å². The van der Waals surface area contributed by atoms with Crippen molar-refractivity contribution in [3.63, 3.8) is 0 Å². The molecule has 0 heterocycles. The van der Waals surface area contributed by atoms with Gasteiger partial charge in [0.15, 0.2) is 0 Å². The molecule has 2 atom stereocenters. The van der Waals surface area contributed by atoms with Crippen LogP contribution in [0.15, 0.2) is 0 Å². The molecule has 0 rings (SSSR count). The molecule has 0 aromatic carbocycles. The maximum absolute atomic E-state index is 2.51. The summed E-state index contributed by atoms with van der Waals surface area (Å²) in [6.07, 6.45) is 8.21. The first kappa shape index (κ1) is 16.0. The highest BCUT2D eigenvalue weighted by Crippen LogP contribution is 2.42. The molecule has 0 saturated carbocycles. The monoisotopic (exact) mass is 226 g/mol. The molecule has 0 bridgehead atoms. The van der Waals surface area contributed by atoms with Gasteiger partial charge in [-0.2, -0.15) is 0 Å². The first-order chi connectivity index (χ1) is 7.22. The van der Waals surface area contributed by atoms with E-state index < -0.39 is 0 Å². The normalized spacial score (nSPS) is 18.2. The topological polar surface area (TPSA) is 0 Å². The van der Waals surface area contributed by atoms with Crippen molar-refractivity contribution in [2.45, 2.75) is 87.0 Å². The molecule has 0 saturated heterocycles. The Kier molecular flexibility index (Phi) is 6.67. The van der Waals surface area contributed by atoms with Gasteiger partial charge < -0.3 is 0 Å². The molecule has 0 heteroatoms. The Morgan fingerprint density at radius 2 is 1.50 bits per heavy atom. The van der Waals surface area contributed by atoms with Gasteiger partial charge in [-0.1, -0.05) is 67.7 Å². The van der Waals surface area contributed by atoms with Crippen molar-refractivity contribution in [3.05, 3.63) is 0 Å². The van der Waals surface area contributed by atoms with E-state index in [1.165, 1.54) is 38.5 Å². The van der Waals surface area contributed by atoms with E-state index in [-0.39, 0.29) is 0 Å². The molecule has 0 aliphatic rings. The van der Waals surface area contributed by atoms with Crippen LogP contribution in [0.3, 0.4) is 0 Å². The second-order valence-corrected chi connectivity index (χ2v) is 7.40. The summed E-state index contributed by atoms with van der Waals surface area (Å²) in [4.78, 5) is 0. The van der Waals surface area contributed by atoms with Crippen molar-refractivity contribution in [1.29, 1.82) is 0 Å². The minimum absolute atomic E-state index is 0.468. The van der Waals surface area contributed by atoms with Crippen LogP contribution >= 0.6 is 0 Å². The summed E-state index contributed by atoms with van der Waals surface area (Å²) < 4.78 is 0. The van der Waals surface area contributed by atoms with E-state index in [2.05, 4.69) is 48.5 Å². The molecule has 98 valence electrons.